The Hall–Kier alpha value is -2.25. The highest BCUT2D eigenvalue weighted by Crippen LogP contribution is 2.37. The van der Waals surface area contributed by atoms with Crippen molar-refractivity contribution in [3.05, 3.63) is 58.2 Å². The van der Waals surface area contributed by atoms with Crippen LogP contribution in [0.25, 0.3) is 21.1 Å². The van der Waals surface area contributed by atoms with Crippen molar-refractivity contribution in [3.8, 4) is 0 Å². The Morgan fingerprint density at radius 3 is 2.96 bits per heavy atom. The molecule has 0 radical (unpaired) electrons. The summed E-state index contributed by atoms with van der Waals surface area (Å²) < 4.78 is 1.06. The van der Waals surface area contributed by atoms with Crippen LogP contribution in [0.2, 0.25) is 0 Å². The predicted octanol–water partition coefficient (Wildman–Crippen LogP) is 3.78. The molecule has 3 aromatic heterocycles. The lowest BCUT2D eigenvalue weighted by Crippen LogP contribution is -2.12. The third-order valence-electron chi connectivity index (χ3n) is 3.52. The Balaban J connectivity index is 1.73. The predicted molar refractivity (Wildman–Crippen MR) is 94.1 cm³/mol. The van der Waals surface area contributed by atoms with Gasteiger partial charge in [0.15, 0.2) is 0 Å². The fraction of sp³-hybridized carbons (Fsp3) is 0.125. The summed E-state index contributed by atoms with van der Waals surface area (Å²) >= 11 is 3.19. The van der Waals surface area contributed by atoms with Gasteiger partial charge in [-0.2, -0.15) is 0 Å². The number of hydrogen-bond donors (Lipinski definition) is 1. The normalized spacial score (nSPS) is 12.7. The summed E-state index contributed by atoms with van der Waals surface area (Å²) in [6.07, 6.45) is 1.57. The molecule has 1 aromatic carbocycles. The van der Waals surface area contributed by atoms with E-state index in [-0.39, 0.29) is 10.8 Å². The molecule has 0 amide bonds. The zero-order valence-electron chi connectivity index (χ0n) is 12.2. The minimum Gasteiger partial charge on any atom is -0.309 e. The smallest absolute Gasteiger partial charge is 0.258 e. The average Bonchev–Trinajstić information content (AvgIpc) is 3.04. The van der Waals surface area contributed by atoms with Gasteiger partial charge in [-0.05, 0) is 30.5 Å². The molecule has 4 aromatic rings. The largest absolute Gasteiger partial charge is 0.309 e. The van der Waals surface area contributed by atoms with Gasteiger partial charge in [-0.3, -0.25) is 4.79 Å². The Bertz CT molecular complexity index is 1060. The summed E-state index contributed by atoms with van der Waals surface area (Å²) in [5.74, 6) is 0.655. The van der Waals surface area contributed by atoms with Crippen LogP contribution in [0, 0.1) is 0 Å². The molecular formula is C16H12N4OS2. The number of aromatic amines is 1. The number of thioether (sulfide) groups is 1. The van der Waals surface area contributed by atoms with Crippen molar-refractivity contribution in [2.24, 2.45) is 0 Å². The molecule has 114 valence electrons. The fourth-order valence-corrected chi connectivity index (χ4v) is 4.27. The van der Waals surface area contributed by atoms with E-state index in [2.05, 4.69) is 19.9 Å². The summed E-state index contributed by atoms with van der Waals surface area (Å²) in [5, 5.41) is 3.50. The standard InChI is InChI=1S/C16H12N4OS2/c1-9(23-16-13-12(6-7-22-13)17-8-18-16)14-19-11-5-3-2-4-10(11)15(21)20-14/h2-9H,1H3,(H,19,20,21)/t9-/m0/s1. The molecule has 5 nitrogen and oxygen atoms in total. The summed E-state index contributed by atoms with van der Waals surface area (Å²) in [7, 11) is 0. The average molecular weight is 340 g/mol. The molecule has 4 rings (SSSR count). The molecule has 23 heavy (non-hydrogen) atoms. The van der Waals surface area contributed by atoms with E-state index in [1.807, 2.05) is 36.6 Å². The van der Waals surface area contributed by atoms with E-state index in [4.69, 9.17) is 0 Å². The van der Waals surface area contributed by atoms with Crippen LogP contribution in [0.1, 0.15) is 18.0 Å². The number of rotatable bonds is 3. The first-order valence-corrected chi connectivity index (χ1v) is 8.82. The van der Waals surface area contributed by atoms with E-state index in [9.17, 15) is 4.79 Å². The monoisotopic (exact) mass is 340 g/mol. The lowest BCUT2D eigenvalue weighted by molar-refractivity contribution is 0.919. The maximum absolute atomic E-state index is 12.2. The van der Waals surface area contributed by atoms with E-state index in [0.29, 0.717) is 16.7 Å². The summed E-state index contributed by atoms with van der Waals surface area (Å²) in [6.45, 7) is 2.01. The number of H-pyrrole nitrogens is 1. The van der Waals surface area contributed by atoms with Crippen molar-refractivity contribution < 1.29 is 0 Å². The number of benzene rings is 1. The number of hydrogen-bond acceptors (Lipinski definition) is 6. The van der Waals surface area contributed by atoms with Crippen molar-refractivity contribution in [3.63, 3.8) is 0 Å². The molecule has 0 unspecified atom stereocenters. The summed E-state index contributed by atoms with van der Waals surface area (Å²) in [4.78, 5) is 28.3. The third kappa shape index (κ3) is 2.62. The summed E-state index contributed by atoms with van der Waals surface area (Å²) in [5.41, 5.74) is 1.55. The van der Waals surface area contributed by atoms with Crippen molar-refractivity contribution in [1.82, 2.24) is 19.9 Å². The molecule has 0 spiro atoms. The Kier molecular flexibility index (Phi) is 3.59. The van der Waals surface area contributed by atoms with Gasteiger partial charge in [-0.1, -0.05) is 23.9 Å². The molecule has 7 heteroatoms. The van der Waals surface area contributed by atoms with Crippen LogP contribution in [0.4, 0.5) is 0 Å². The van der Waals surface area contributed by atoms with Crippen LogP contribution in [0.5, 0.6) is 0 Å². The van der Waals surface area contributed by atoms with Crippen molar-refractivity contribution >= 4 is 44.2 Å². The van der Waals surface area contributed by atoms with Gasteiger partial charge in [0.2, 0.25) is 0 Å². The van der Waals surface area contributed by atoms with Gasteiger partial charge < -0.3 is 4.98 Å². The lowest BCUT2D eigenvalue weighted by Gasteiger charge is -2.11. The Labute approximate surface area is 139 Å². The van der Waals surface area contributed by atoms with Crippen molar-refractivity contribution in [2.75, 3.05) is 0 Å². The Morgan fingerprint density at radius 1 is 1.17 bits per heavy atom. The van der Waals surface area contributed by atoms with Gasteiger partial charge in [0.1, 0.15) is 17.2 Å². The van der Waals surface area contributed by atoms with Crippen molar-refractivity contribution in [1.29, 1.82) is 0 Å². The molecule has 0 fully saturated rings. The van der Waals surface area contributed by atoms with Crippen LogP contribution in [-0.2, 0) is 0 Å². The molecule has 0 bridgehead atoms. The quantitative estimate of drug-likeness (QED) is 0.454. The van der Waals surface area contributed by atoms with Crippen LogP contribution in [0.15, 0.2) is 51.9 Å². The van der Waals surface area contributed by atoms with E-state index >= 15 is 0 Å². The third-order valence-corrected chi connectivity index (χ3v) is 5.66. The highest BCUT2D eigenvalue weighted by Gasteiger charge is 2.15. The lowest BCUT2D eigenvalue weighted by atomic mass is 10.2. The topological polar surface area (TPSA) is 71.5 Å². The second-order valence-electron chi connectivity index (χ2n) is 5.04. The first kappa shape index (κ1) is 14.3. The molecule has 1 N–H and O–H groups in total. The minimum absolute atomic E-state index is 0.0208. The van der Waals surface area contributed by atoms with Gasteiger partial charge in [0, 0.05) is 0 Å². The van der Waals surface area contributed by atoms with E-state index in [1.165, 1.54) is 0 Å². The van der Waals surface area contributed by atoms with Crippen LogP contribution in [0.3, 0.4) is 0 Å². The first-order chi connectivity index (χ1) is 11.2. The zero-order valence-corrected chi connectivity index (χ0v) is 13.8. The molecule has 0 saturated heterocycles. The highest BCUT2D eigenvalue weighted by molar-refractivity contribution is 7.99. The molecule has 1 atom stereocenters. The maximum atomic E-state index is 12.2. The van der Waals surface area contributed by atoms with Gasteiger partial charge in [-0.25, -0.2) is 15.0 Å². The SMILES string of the molecule is C[C@H](Sc1ncnc2ccsc12)c1nc2ccccc2c(=O)[nH]1. The van der Waals surface area contributed by atoms with Gasteiger partial charge in [0.05, 0.1) is 26.4 Å². The zero-order chi connectivity index (χ0) is 15.8. The number of fused-ring (bicyclic) bond motifs is 2. The molecule has 0 aliphatic heterocycles. The van der Waals surface area contributed by atoms with Gasteiger partial charge in [-0.15, -0.1) is 11.3 Å². The molecule has 0 aliphatic carbocycles. The molecule has 0 aliphatic rings. The van der Waals surface area contributed by atoms with Crippen LogP contribution in [-0.4, -0.2) is 19.9 Å². The first-order valence-electron chi connectivity index (χ1n) is 7.06. The van der Waals surface area contributed by atoms with Crippen molar-refractivity contribution in [2.45, 2.75) is 17.2 Å². The second kappa shape index (κ2) is 5.75. The van der Waals surface area contributed by atoms with Gasteiger partial charge in [0.25, 0.3) is 5.56 Å². The maximum Gasteiger partial charge on any atom is 0.258 e. The molecular weight excluding hydrogens is 328 g/mol. The van der Waals surface area contributed by atoms with E-state index in [0.717, 1.165) is 15.2 Å². The number of aromatic nitrogens is 4. The van der Waals surface area contributed by atoms with Crippen LogP contribution >= 0.6 is 23.1 Å². The Morgan fingerprint density at radius 2 is 2.04 bits per heavy atom. The molecule has 0 saturated carbocycles. The fourth-order valence-electron chi connectivity index (χ4n) is 2.37. The van der Waals surface area contributed by atoms with Crippen LogP contribution < -0.4 is 5.56 Å². The highest BCUT2D eigenvalue weighted by atomic mass is 32.2. The number of nitrogens with one attached hydrogen (secondary N) is 1. The second-order valence-corrected chi connectivity index (χ2v) is 7.29. The minimum atomic E-state index is -0.109. The van der Waals surface area contributed by atoms with E-state index < -0.39 is 0 Å². The number of nitrogens with zero attached hydrogens (tertiary/aromatic N) is 3. The number of thiophene rings is 1. The summed E-state index contributed by atoms with van der Waals surface area (Å²) in [6, 6.07) is 9.34. The van der Waals surface area contributed by atoms with Gasteiger partial charge >= 0.3 is 0 Å². The number of para-hydroxylation sites is 1. The molecule has 3 heterocycles. The van der Waals surface area contributed by atoms with E-state index in [1.54, 1.807) is 35.5 Å².